The first-order chi connectivity index (χ1) is 9.40. The second kappa shape index (κ2) is 6.41. The quantitative estimate of drug-likeness (QED) is 0.709. The van der Waals surface area contributed by atoms with Gasteiger partial charge in [0.05, 0.1) is 5.54 Å². The van der Waals surface area contributed by atoms with Crippen LogP contribution in [0.4, 0.5) is 0 Å². The normalized spacial score (nSPS) is 24.8. The topological polar surface area (TPSA) is 61.6 Å². The fourth-order valence-electron chi connectivity index (χ4n) is 2.83. The summed E-state index contributed by atoms with van der Waals surface area (Å²) in [6.45, 7) is 11.8. The number of amides is 1. The smallest absolute Gasteiger partial charge is 0.237 e. The Morgan fingerprint density at radius 3 is 2.35 bits per heavy atom. The zero-order chi connectivity index (χ0) is 14.8. The van der Waals surface area contributed by atoms with E-state index >= 15 is 0 Å². The van der Waals surface area contributed by atoms with Crippen molar-refractivity contribution in [1.82, 2.24) is 15.1 Å². The largest absolute Gasteiger partial charge is 0.368 e. The highest BCUT2D eigenvalue weighted by Crippen LogP contribution is 2.24. The predicted octanol–water partition coefficient (Wildman–Crippen LogP) is 0.399. The molecule has 2 aliphatic rings. The summed E-state index contributed by atoms with van der Waals surface area (Å²) in [7, 11) is 0. The lowest BCUT2D eigenvalue weighted by atomic mass is 9.96. The Bertz CT molecular complexity index is 335. The highest BCUT2D eigenvalue weighted by molar-refractivity contribution is 5.84. The molecule has 1 saturated heterocycles. The molecule has 1 unspecified atom stereocenters. The predicted molar refractivity (Wildman–Crippen MR) is 81.5 cm³/mol. The van der Waals surface area contributed by atoms with Crippen LogP contribution in [0.25, 0.3) is 0 Å². The van der Waals surface area contributed by atoms with E-state index in [-0.39, 0.29) is 5.91 Å². The molecule has 0 aromatic heterocycles. The van der Waals surface area contributed by atoms with E-state index in [1.165, 1.54) is 12.8 Å². The van der Waals surface area contributed by atoms with E-state index in [1.54, 1.807) is 0 Å². The minimum atomic E-state index is -0.545. The maximum Gasteiger partial charge on any atom is 0.237 e. The van der Waals surface area contributed by atoms with Crippen LogP contribution in [0.15, 0.2) is 0 Å². The summed E-state index contributed by atoms with van der Waals surface area (Å²) in [5.41, 5.74) is 5.05. The fraction of sp³-hybridized carbons (Fsp3) is 0.933. The van der Waals surface area contributed by atoms with Crippen LogP contribution in [0.5, 0.6) is 0 Å². The molecule has 0 radical (unpaired) electrons. The maximum absolute atomic E-state index is 11.7. The molecule has 1 atom stereocenters. The number of hydrogen-bond donors (Lipinski definition) is 2. The van der Waals surface area contributed by atoms with Gasteiger partial charge >= 0.3 is 0 Å². The van der Waals surface area contributed by atoms with E-state index in [2.05, 4.69) is 29.0 Å². The molecule has 1 amide bonds. The van der Waals surface area contributed by atoms with Gasteiger partial charge in [-0.1, -0.05) is 0 Å². The van der Waals surface area contributed by atoms with Crippen molar-refractivity contribution < 1.29 is 4.79 Å². The minimum absolute atomic E-state index is 0.217. The van der Waals surface area contributed by atoms with E-state index in [9.17, 15) is 4.79 Å². The summed E-state index contributed by atoms with van der Waals surface area (Å²) in [5.74, 6) is -0.217. The molecule has 2 fully saturated rings. The molecule has 0 bridgehead atoms. The SMILES string of the molecule is CC(C)N1CCN(CCC(C)(NC2CC2)C(N)=O)CC1. The van der Waals surface area contributed by atoms with Gasteiger partial charge in [0.15, 0.2) is 0 Å². The number of primary amides is 1. The van der Waals surface area contributed by atoms with Gasteiger partial charge in [-0.3, -0.25) is 9.69 Å². The van der Waals surface area contributed by atoms with E-state index in [4.69, 9.17) is 5.73 Å². The van der Waals surface area contributed by atoms with Gasteiger partial charge in [0.2, 0.25) is 5.91 Å². The van der Waals surface area contributed by atoms with Crippen LogP contribution in [0.2, 0.25) is 0 Å². The number of nitrogens with two attached hydrogens (primary N) is 1. The Kier molecular flexibility index (Phi) is 5.04. The van der Waals surface area contributed by atoms with Crippen LogP contribution in [0.1, 0.15) is 40.0 Å². The summed E-state index contributed by atoms with van der Waals surface area (Å²) >= 11 is 0. The molecule has 0 aromatic rings. The lowest BCUT2D eigenvalue weighted by Gasteiger charge is -2.38. The summed E-state index contributed by atoms with van der Waals surface area (Å²) < 4.78 is 0. The first kappa shape index (κ1) is 15.7. The van der Waals surface area contributed by atoms with Gasteiger partial charge < -0.3 is 16.0 Å². The number of nitrogens with zero attached hydrogens (tertiary/aromatic N) is 2. The number of rotatable bonds is 7. The average Bonchev–Trinajstić information content (AvgIpc) is 3.20. The molecule has 1 aliphatic carbocycles. The number of nitrogens with one attached hydrogen (secondary N) is 1. The van der Waals surface area contributed by atoms with Crippen molar-refractivity contribution >= 4 is 5.91 Å². The van der Waals surface area contributed by atoms with E-state index in [0.717, 1.165) is 39.1 Å². The molecular formula is C15H30N4O. The van der Waals surface area contributed by atoms with Crippen molar-refractivity contribution in [2.45, 2.75) is 57.7 Å². The lowest BCUT2D eigenvalue weighted by molar-refractivity contribution is -0.124. The highest BCUT2D eigenvalue weighted by Gasteiger charge is 2.37. The molecule has 1 aliphatic heterocycles. The maximum atomic E-state index is 11.7. The zero-order valence-corrected chi connectivity index (χ0v) is 13.2. The van der Waals surface area contributed by atoms with E-state index < -0.39 is 5.54 Å². The number of piperazine rings is 1. The molecule has 20 heavy (non-hydrogen) atoms. The first-order valence-corrected chi connectivity index (χ1v) is 7.95. The molecule has 1 heterocycles. The standard InChI is InChI=1S/C15H30N4O/c1-12(2)19-10-8-18(9-11-19)7-6-15(3,14(16)20)17-13-4-5-13/h12-13,17H,4-11H2,1-3H3,(H2,16,20). The zero-order valence-electron chi connectivity index (χ0n) is 13.2. The van der Waals surface area contributed by atoms with Crippen LogP contribution in [0.3, 0.4) is 0 Å². The Labute approximate surface area is 122 Å². The molecule has 3 N–H and O–H groups in total. The van der Waals surface area contributed by atoms with Gasteiger partial charge in [-0.2, -0.15) is 0 Å². The average molecular weight is 282 g/mol. The van der Waals surface area contributed by atoms with Crippen LogP contribution in [-0.2, 0) is 4.79 Å². The van der Waals surface area contributed by atoms with Gasteiger partial charge in [-0.05, 0) is 40.0 Å². The van der Waals surface area contributed by atoms with Crippen LogP contribution < -0.4 is 11.1 Å². The molecule has 1 saturated carbocycles. The molecule has 5 nitrogen and oxygen atoms in total. The monoisotopic (exact) mass is 282 g/mol. The molecular weight excluding hydrogens is 252 g/mol. The molecule has 0 aromatic carbocycles. The number of hydrogen-bond acceptors (Lipinski definition) is 4. The Balaban J connectivity index is 1.77. The van der Waals surface area contributed by atoms with Crippen LogP contribution in [0, 0.1) is 0 Å². The molecule has 116 valence electrons. The van der Waals surface area contributed by atoms with Gasteiger partial charge in [-0.15, -0.1) is 0 Å². The Morgan fingerprint density at radius 2 is 1.90 bits per heavy atom. The minimum Gasteiger partial charge on any atom is -0.368 e. The molecule has 0 spiro atoms. The first-order valence-electron chi connectivity index (χ1n) is 7.95. The van der Waals surface area contributed by atoms with Crippen molar-refractivity contribution in [3.63, 3.8) is 0 Å². The second-order valence-electron chi connectivity index (χ2n) is 6.84. The van der Waals surface area contributed by atoms with Gasteiger partial charge in [0, 0.05) is 44.8 Å². The van der Waals surface area contributed by atoms with Gasteiger partial charge in [-0.25, -0.2) is 0 Å². The number of carbonyl (C=O) groups is 1. The van der Waals surface area contributed by atoms with Crippen molar-refractivity contribution in [3.8, 4) is 0 Å². The fourth-order valence-corrected chi connectivity index (χ4v) is 2.83. The van der Waals surface area contributed by atoms with Gasteiger partial charge in [0.1, 0.15) is 0 Å². The van der Waals surface area contributed by atoms with Gasteiger partial charge in [0.25, 0.3) is 0 Å². The highest BCUT2D eigenvalue weighted by atomic mass is 16.1. The summed E-state index contributed by atoms with van der Waals surface area (Å²) in [5, 5.41) is 3.42. The van der Waals surface area contributed by atoms with Crippen molar-refractivity contribution in [3.05, 3.63) is 0 Å². The third kappa shape index (κ3) is 4.17. The summed E-state index contributed by atoms with van der Waals surface area (Å²) in [6.07, 6.45) is 3.16. The summed E-state index contributed by atoms with van der Waals surface area (Å²) in [4.78, 5) is 16.7. The van der Waals surface area contributed by atoms with E-state index in [0.29, 0.717) is 12.1 Å². The van der Waals surface area contributed by atoms with E-state index in [1.807, 2.05) is 6.92 Å². The lowest BCUT2D eigenvalue weighted by Crippen LogP contribution is -2.56. The Morgan fingerprint density at radius 1 is 1.30 bits per heavy atom. The van der Waals surface area contributed by atoms with Crippen LogP contribution in [-0.4, -0.2) is 66.1 Å². The van der Waals surface area contributed by atoms with Crippen molar-refractivity contribution in [2.24, 2.45) is 5.73 Å². The Hall–Kier alpha value is -0.650. The van der Waals surface area contributed by atoms with Crippen molar-refractivity contribution in [1.29, 1.82) is 0 Å². The second-order valence-corrected chi connectivity index (χ2v) is 6.84. The van der Waals surface area contributed by atoms with Crippen molar-refractivity contribution in [2.75, 3.05) is 32.7 Å². The molecule has 2 rings (SSSR count). The number of carbonyl (C=O) groups excluding carboxylic acids is 1. The third-order valence-electron chi connectivity index (χ3n) is 4.71. The van der Waals surface area contributed by atoms with Crippen LogP contribution >= 0.6 is 0 Å². The summed E-state index contributed by atoms with van der Waals surface area (Å²) in [6, 6.07) is 1.13. The molecule has 5 heteroatoms. The third-order valence-corrected chi connectivity index (χ3v) is 4.71.